The van der Waals surface area contributed by atoms with E-state index in [4.69, 9.17) is 4.74 Å². The molecule has 0 aromatic heterocycles. The van der Waals surface area contributed by atoms with E-state index in [2.05, 4.69) is 4.74 Å². The van der Waals surface area contributed by atoms with E-state index in [1.165, 1.54) is 18.9 Å². The smallest absolute Gasteiger partial charge is 0.331 e. The molecule has 116 valence electrons. The standard InChI is InChI=1S/C13H18N2O6/c1-10(16)14-5-7-15(8-6-14)11(17)9-21-13(19)4-3-12(18)20-2/h3-4H,5-9H2,1-2H3. The molecule has 1 aliphatic rings. The van der Waals surface area contributed by atoms with E-state index in [9.17, 15) is 19.2 Å². The van der Waals surface area contributed by atoms with Gasteiger partial charge in [-0.05, 0) is 0 Å². The lowest BCUT2D eigenvalue weighted by molar-refractivity contribution is -0.150. The third-order valence-electron chi connectivity index (χ3n) is 2.97. The molecule has 1 aliphatic heterocycles. The molecule has 21 heavy (non-hydrogen) atoms. The van der Waals surface area contributed by atoms with Gasteiger partial charge < -0.3 is 19.3 Å². The third kappa shape index (κ3) is 5.64. The van der Waals surface area contributed by atoms with Gasteiger partial charge >= 0.3 is 11.9 Å². The van der Waals surface area contributed by atoms with Gasteiger partial charge in [-0.1, -0.05) is 0 Å². The van der Waals surface area contributed by atoms with Crippen LogP contribution in [-0.2, 0) is 28.7 Å². The Balaban J connectivity index is 2.31. The number of rotatable bonds is 4. The molecule has 0 unspecified atom stereocenters. The number of carbonyl (C=O) groups excluding carboxylic acids is 4. The molecule has 0 atom stereocenters. The maximum atomic E-state index is 11.8. The maximum absolute atomic E-state index is 11.8. The molecule has 0 bridgehead atoms. The largest absolute Gasteiger partial charge is 0.466 e. The molecule has 2 amide bonds. The molecule has 0 N–H and O–H groups in total. The first kappa shape index (κ1) is 16.7. The van der Waals surface area contributed by atoms with Crippen LogP contribution in [0.3, 0.4) is 0 Å². The Bertz CT molecular complexity index is 452. The highest BCUT2D eigenvalue weighted by atomic mass is 16.5. The van der Waals surface area contributed by atoms with Crippen LogP contribution < -0.4 is 0 Å². The fourth-order valence-electron chi connectivity index (χ4n) is 1.75. The van der Waals surface area contributed by atoms with Gasteiger partial charge in [0.25, 0.3) is 5.91 Å². The summed E-state index contributed by atoms with van der Waals surface area (Å²) in [7, 11) is 1.18. The summed E-state index contributed by atoms with van der Waals surface area (Å²) in [6, 6.07) is 0. The fourth-order valence-corrected chi connectivity index (χ4v) is 1.75. The van der Waals surface area contributed by atoms with Crippen LogP contribution in [0.1, 0.15) is 6.92 Å². The Morgan fingerprint density at radius 1 is 0.952 bits per heavy atom. The molecule has 1 heterocycles. The van der Waals surface area contributed by atoms with Crippen LogP contribution in [0.4, 0.5) is 0 Å². The molecule has 0 aliphatic carbocycles. The van der Waals surface area contributed by atoms with Crippen molar-refractivity contribution in [1.29, 1.82) is 0 Å². The molecule has 0 radical (unpaired) electrons. The second-order valence-electron chi connectivity index (χ2n) is 4.35. The molecular formula is C13H18N2O6. The van der Waals surface area contributed by atoms with Crippen molar-refractivity contribution < 1.29 is 28.7 Å². The highest BCUT2D eigenvalue weighted by molar-refractivity contribution is 5.92. The van der Waals surface area contributed by atoms with Crippen molar-refractivity contribution >= 4 is 23.8 Å². The summed E-state index contributed by atoms with van der Waals surface area (Å²) in [5, 5.41) is 0. The number of ether oxygens (including phenoxy) is 2. The van der Waals surface area contributed by atoms with E-state index < -0.39 is 18.5 Å². The lowest BCUT2D eigenvalue weighted by Crippen LogP contribution is -2.51. The zero-order valence-electron chi connectivity index (χ0n) is 12.0. The zero-order valence-corrected chi connectivity index (χ0v) is 12.0. The lowest BCUT2D eigenvalue weighted by Gasteiger charge is -2.34. The number of esters is 2. The molecule has 1 rings (SSSR count). The quantitative estimate of drug-likeness (QED) is 0.485. The van der Waals surface area contributed by atoms with Crippen molar-refractivity contribution in [3.05, 3.63) is 12.2 Å². The van der Waals surface area contributed by atoms with E-state index in [0.29, 0.717) is 26.2 Å². The molecule has 8 heteroatoms. The van der Waals surface area contributed by atoms with Crippen LogP contribution in [-0.4, -0.2) is 73.4 Å². The number of piperazine rings is 1. The topological polar surface area (TPSA) is 93.2 Å². The first-order valence-corrected chi connectivity index (χ1v) is 6.40. The Morgan fingerprint density at radius 3 is 2.00 bits per heavy atom. The molecular weight excluding hydrogens is 280 g/mol. The van der Waals surface area contributed by atoms with Gasteiger partial charge in [-0.2, -0.15) is 0 Å². The second kappa shape index (κ2) is 8.03. The van der Waals surface area contributed by atoms with E-state index >= 15 is 0 Å². The summed E-state index contributed by atoms with van der Waals surface area (Å²) in [4.78, 5) is 48.1. The van der Waals surface area contributed by atoms with Gasteiger partial charge in [0.1, 0.15) is 0 Å². The van der Waals surface area contributed by atoms with E-state index in [1.807, 2.05) is 0 Å². The zero-order chi connectivity index (χ0) is 15.8. The van der Waals surface area contributed by atoms with Gasteiger partial charge in [0.05, 0.1) is 7.11 Å². The molecule has 0 aromatic carbocycles. The van der Waals surface area contributed by atoms with Crippen LogP contribution in [0.15, 0.2) is 12.2 Å². The first-order valence-electron chi connectivity index (χ1n) is 6.40. The first-order chi connectivity index (χ1) is 9.93. The summed E-state index contributed by atoms with van der Waals surface area (Å²) >= 11 is 0. The second-order valence-corrected chi connectivity index (χ2v) is 4.35. The van der Waals surface area contributed by atoms with Gasteiger partial charge in [0.15, 0.2) is 6.61 Å². The van der Waals surface area contributed by atoms with E-state index in [0.717, 1.165) is 12.2 Å². The van der Waals surface area contributed by atoms with E-state index in [1.54, 1.807) is 4.90 Å². The highest BCUT2D eigenvalue weighted by Crippen LogP contribution is 2.02. The van der Waals surface area contributed by atoms with Crippen molar-refractivity contribution in [3.63, 3.8) is 0 Å². The highest BCUT2D eigenvalue weighted by Gasteiger charge is 2.22. The van der Waals surface area contributed by atoms with Crippen molar-refractivity contribution in [1.82, 2.24) is 9.80 Å². The Kier molecular flexibility index (Phi) is 6.38. The van der Waals surface area contributed by atoms with Crippen molar-refractivity contribution in [2.45, 2.75) is 6.92 Å². The van der Waals surface area contributed by atoms with Gasteiger partial charge in [-0.15, -0.1) is 0 Å². The van der Waals surface area contributed by atoms with Crippen LogP contribution in [0, 0.1) is 0 Å². The number of hydrogen-bond acceptors (Lipinski definition) is 6. The molecule has 1 saturated heterocycles. The number of nitrogens with zero attached hydrogens (tertiary/aromatic N) is 2. The average Bonchev–Trinajstić information content (AvgIpc) is 2.50. The minimum absolute atomic E-state index is 0.0264. The third-order valence-corrected chi connectivity index (χ3v) is 2.97. The lowest BCUT2D eigenvalue weighted by atomic mass is 10.3. The van der Waals surface area contributed by atoms with E-state index in [-0.39, 0.29) is 11.8 Å². The minimum Gasteiger partial charge on any atom is -0.466 e. The number of carbonyl (C=O) groups is 4. The van der Waals surface area contributed by atoms with Gasteiger partial charge in [0.2, 0.25) is 5.91 Å². The maximum Gasteiger partial charge on any atom is 0.331 e. The van der Waals surface area contributed by atoms with Crippen molar-refractivity contribution in [2.75, 3.05) is 39.9 Å². The summed E-state index contributed by atoms with van der Waals surface area (Å²) in [6.45, 7) is 2.84. The minimum atomic E-state index is -0.795. The monoisotopic (exact) mass is 298 g/mol. The average molecular weight is 298 g/mol. The summed E-state index contributed by atoms with van der Waals surface area (Å²) in [5.74, 6) is -1.84. The predicted octanol–water partition coefficient (Wildman–Crippen LogP) is -1.05. The number of methoxy groups -OCH3 is 1. The molecule has 0 spiro atoms. The van der Waals surface area contributed by atoms with Crippen LogP contribution in [0.2, 0.25) is 0 Å². The predicted molar refractivity (Wildman–Crippen MR) is 70.9 cm³/mol. The van der Waals surface area contributed by atoms with Crippen molar-refractivity contribution in [3.8, 4) is 0 Å². The van der Waals surface area contributed by atoms with Crippen LogP contribution >= 0.6 is 0 Å². The Hall–Kier alpha value is -2.38. The summed E-state index contributed by atoms with van der Waals surface area (Å²) in [6.07, 6.45) is 1.81. The van der Waals surface area contributed by atoms with Gasteiger partial charge in [0, 0.05) is 45.3 Å². The molecule has 0 aromatic rings. The number of hydrogen-bond donors (Lipinski definition) is 0. The molecule has 0 saturated carbocycles. The fraction of sp³-hybridized carbons (Fsp3) is 0.538. The Morgan fingerprint density at radius 2 is 1.48 bits per heavy atom. The molecule has 1 fully saturated rings. The number of amides is 2. The normalized spacial score (nSPS) is 15.0. The van der Waals surface area contributed by atoms with Gasteiger partial charge in [-0.25, -0.2) is 9.59 Å². The SMILES string of the molecule is COC(=O)C=CC(=O)OCC(=O)N1CCN(C(C)=O)CC1. The summed E-state index contributed by atoms with van der Waals surface area (Å²) in [5.41, 5.74) is 0. The van der Waals surface area contributed by atoms with Crippen LogP contribution in [0.25, 0.3) is 0 Å². The van der Waals surface area contributed by atoms with Gasteiger partial charge in [-0.3, -0.25) is 9.59 Å². The van der Waals surface area contributed by atoms with Crippen LogP contribution in [0.5, 0.6) is 0 Å². The Labute approximate surface area is 122 Å². The summed E-state index contributed by atoms with van der Waals surface area (Å²) < 4.78 is 9.03. The van der Waals surface area contributed by atoms with Crippen molar-refractivity contribution in [2.24, 2.45) is 0 Å². The molecule has 8 nitrogen and oxygen atoms in total.